The predicted molar refractivity (Wildman–Crippen MR) is 68.5 cm³/mol. The van der Waals surface area contributed by atoms with Gasteiger partial charge in [0.2, 0.25) is 0 Å². The fraction of sp³-hybridized carbons (Fsp3) is 0.714. The Bertz CT molecular complexity index is 262. The van der Waals surface area contributed by atoms with Crippen molar-refractivity contribution in [3.05, 3.63) is 12.2 Å². The summed E-state index contributed by atoms with van der Waals surface area (Å²) in [5.74, 6) is -1.05. The number of carbonyl (C=O) groups excluding carboxylic acids is 2. The van der Waals surface area contributed by atoms with E-state index < -0.39 is 11.9 Å². The predicted octanol–water partition coefficient (Wildman–Crippen LogP) is 3.77. The number of esters is 2. The Labute approximate surface area is 123 Å². The largest absolute Gasteiger partial charge is 0.390 e. The van der Waals surface area contributed by atoms with Gasteiger partial charge in [0, 0.05) is 31.5 Å². The van der Waals surface area contributed by atoms with Gasteiger partial charge >= 0.3 is 11.9 Å². The molecule has 0 aliphatic carbocycles. The van der Waals surface area contributed by atoms with Crippen LogP contribution in [0.5, 0.6) is 0 Å². The molecule has 0 spiro atoms. The molecule has 0 N–H and O–H groups in total. The van der Waals surface area contributed by atoms with Crippen LogP contribution < -0.4 is 0 Å². The first kappa shape index (κ1) is 19.8. The van der Waals surface area contributed by atoms with E-state index in [9.17, 15) is 9.59 Å². The maximum Gasteiger partial charge on any atom is 0.340 e. The number of hydrogen-bond donors (Lipinski definition) is 0. The van der Waals surface area contributed by atoms with E-state index in [1.54, 1.807) is 0 Å². The first-order valence-corrected chi connectivity index (χ1v) is 6.48. The van der Waals surface area contributed by atoms with Gasteiger partial charge in [-0.3, -0.25) is 4.79 Å². The van der Waals surface area contributed by atoms with Gasteiger partial charge in [-0.05, 0) is 13.3 Å². The van der Waals surface area contributed by atoms with Gasteiger partial charge < -0.3 is 4.74 Å². The molecule has 0 aliphatic rings. The molecule has 0 unspecified atom stereocenters. The number of ether oxygens (including phenoxy) is 1. The van der Waals surface area contributed by atoms with Crippen molar-refractivity contribution in [2.75, 3.05) is 0 Å². The molecule has 0 heterocycles. The summed E-state index contributed by atoms with van der Waals surface area (Å²) in [5, 5.41) is 0. The van der Waals surface area contributed by atoms with Crippen LogP contribution in [0.3, 0.4) is 0 Å². The van der Waals surface area contributed by atoms with Crippen molar-refractivity contribution in [3.63, 3.8) is 0 Å². The maximum atomic E-state index is 11.2. The van der Waals surface area contributed by atoms with Crippen LogP contribution in [0.2, 0.25) is 0 Å². The third-order valence-electron chi connectivity index (χ3n) is 2.54. The summed E-state index contributed by atoms with van der Waals surface area (Å²) in [5.41, 5.74) is 0.262. The molecular weight excluding hydrogens is 282 g/mol. The molecule has 0 radical (unpaired) electrons. The Kier molecular flexibility index (Phi) is 14.3. The number of unbranched alkanes of at least 4 members (excludes halogenated alkanes) is 6. The van der Waals surface area contributed by atoms with Crippen molar-refractivity contribution >= 4 is 11.9 Å². The zero-order valence-corrected chi connectivity index (χ0v) is 14.8. The minimum atomic E-state index is -0.613. The quantitative estimate of drug-likeness (QED) is 0.214. The van der Waals surface area contributed by atoms with E-state index in [1.807, 2.05) is 0 Å². The summed E-state index contributed by atoms with van der Waals surface area (Å²) in [7, 11) is 0. The Morgan fingerprint density at radius 1 is 1.00 bits per heavy atom. The summed E-state index contributed by atoms with van der Waals surface area (Å²) in [6.07, 6.45) is 8.34. The summed E-state index contributed by atoms with van der Waals surface area (Å²) in [6, 6.07) is 0. The Hall–Kier alpha value is -0.497. The van der Waals surface area contributed by atoms with Crippen LogP contribution in [0.1, 0.15) is 65.2 Å². The molecule has 0 aromatic carbocycles. The molecule has 0 aromatic rings. The minimum Gasteiger partial charge on any atom is -0.390 e. The van der Waals surface area contributed by atoms with E-state index in [1.165, 1.54) is 32.6 Å². The van der Waals surface area contributed by atoms with Crippen LogP contribution >= 0.6 is 0 Å². The van der Waals surface area contributed by atoms with Crippen molar-refractivity contribution in [2.45, 2.75) is 65.2 Å². The molecule has 0 fully saturated rings. The van der Waals surface area contributed by atoms with Crippen molar-refractivity contribution in [3.8, 4) is 0 Å². The van der Waals surface area contributed by atoms with Gasteiger partial charge in [0.1, 0.15) is 0 Å². The third-order valence-corrected chi connectivity index (χ3v) is 2.54. The molecule has 18 heavy (non-hydrogen) atoms. The van der Waals surface area contributed by atoms with Gasteiger partial charge in [-0.1, -0.05) is 52.0 Å². The Morgan fingerprint density at radius 3 is 2.00 bits per heavy atom. The zero-order chi connectivity index (χ0) is 13.1. The summed E-state index contributed by atoms with van der Waals surface area (Å²) in [6.45, 7) is 7.14. The molecule has 0 saturated carbocycles. The first-order chi connectivity index (χ1) is 8.07. The third kappa shape index (κ3) is 12.0. The van der Waals surface area contributed by atoms with E-state index in [0.717, 1.165) is 19.3 Å². The molecular formula is C14H24O3Zn. The topological polar surface area (TPSA) is 43.4 Å². The van der Waals surface area contributed by atoms with E-state index >= 15 is 0 Å². The molecule has 0 amide bonds. The average molecular weight is 306 g/mol. The van der Waals surface area contributed by atoms with Crippen LogP contribution in [0, 0.1) is 0 Å². The monoisotopic (exact) mass is 304 g/mol. The van der Waals surface area contributed by atoms with Crippen molar-refractivity contribution in [2.24, 2.45) is 0 Å². The summed E-state index contributed by atoms with van der Waals surface area (Å²) in [4.78, 5) is 22.2. The van der Waals surface area contributed by atoms with Gasteiger partial charge in [-0.2, -0.15) is 0 Å². The SMILES string of the molecule is C=C(C)C(=O)OC(=O)CCCCCCCCC.[Zn]. The summed E-state index contributed by atoms with van der Waals surface area (Å²) < 4.78 is 4.58. The molecule has 100 valence electrons. The van der Waals surface area contributed by atoms with Crippen molar-refractivity contribution in [1.29, 1.82) is 0 Å². The molecule has 4 heteroatoms. The van der Waals surface area contributed by atoms with Crippen LogP contribution in [-0.2, 0) is 33.8 Å². The van der Waals surface area contributed by atoms with Gasteiger partial charge in [0.25, 0.3) is 0 Å². The molecule has 0 rings (SSSR count). The van der Waals surface area contributed by atoms with E-state index in [0.29, 0.717) is 6.42 Å². The second-order valence-corrected chi connectivity index (χ2v) is 4.41. The zero-order valence-electron chi connectivity index (χ0n) is 11.8. The van der Waals surface area contributed by atoms with Crippen molar-refractivity contribution in [1.82, 2.24) is 0 Å². The number of carbonyl (C=O) groups is 2. The standard InChI is InChI=1S/C14H24O3.Zn/c1-4-5-6-7-8-9-10-11-13(15)17-14(16)12(2)3;/h2,4-11H2,1,3H3;. The molecule has 3 nitrogen and oxygen atoms in total. The maximum absolute atomic E-state index is 11.2. The van der Waals surface area contributed by atoms with Gasteiger partial charge in [-0.25, -0.2) is 4.79 Å². The summed E-state index contributed by atoms with van der Waals surface area (Å²) >= 11 is 0. The molecule has 0 aliphatic heterocycles. The fourth-order valence-corrected chi connectivity index (χ4v) is 1.47. The normalized spacial score (nSPS) is 9.44. The van der Waals surface area contributed by atoms with E-state index in [2.05, 4.69) is 18.2 Å². The fourth-order valence-electron chi connectivity index (χ4n) is 1.47. The van der Waals surface area contributed by atoms with Crippen LogP contribution in [0.25, 0.3) is 0 Å². The van der Waals surface area contributed by atoms with Gasteiger partial charge in [-0.15, -0.1) is 0 Å². The molecule has 0 bridgehead atoms. The average Bonchev–Trinajstić information content (AvgIpc) is 2.27. The second kappa shape index (κ2) is 12.9. The molecule has 0 atom stereocenters. The molecule has 0 aromatic heterocycles. The van der Waals surface area contributed by atoms with Crippen molar-refractivity contribution < 1.29 is 33.8 Å². The Balaban J connectivity index is 0. The van der Waals surface area contributed by atoms with E-state index in [-0.39, 0.29) is 25.1 Å². The molecule has 0 saturated heterocycles. The second-order valence-electron chi connectivity index (χ2n) is 4.41. The van der Waals surface area contributed by atoms with Gasteiger partial charge in [0.15, 0.2) is 0 Å². The first-order valence-electron chi connectivity index (χ1n) is 6.48. The van der Waals surface area contributed by atoms with Crippen LogP contribution in [0.4, 0.5) is 0 Å². The van der Waals surface area contributed by atoms with Gasteiger partial charge in [0.05, 0.1) is 0 Å². The Morgan fingerprint density at radius 2 is 1.50 bits per heavy atom. The van der Waals surface area contributed by atoms with Crippen LogP contribution in [0.15, 0.2) is 12.2 Å². The van der Waals surface area contributed by atoms with Crippen LogP contribution in [-0.4, -0.2) is 11.9 Å². The minimum absolute atomic E-state index is 0. The smallest absolute Gasteiger partial charge is 0.340 e. The van der Waals surface area contributed by atoms with E-state index in [4.69, 9.17) is 0 Å². The number of rotatable bonds is 9. The number of hydrogen-bond acceptors (Lipinski definition) is 3.